The van der Waals surface area contributed by atoms with Crippen molar-refractivity contribution in [1.82, 2.24) is 4.57 Å². The Morgan fingerprint density at radius 3 is 2.96 bits per heavy atom. The van der Waals surface area contributed by atoms with Gasteiger partial charge in [0.1, 0.15) is 0 Å². The number of rotatable bonds is 4. The lowest BCUT2D eigenvalue weighted by molar-refractivity contribution is 0.0973. The number of methoxy groups -OCH3 is 1. The predicted molar refractivity (Wildman–Crippen MR) is 107 cm³/mol. The first-order valence-corrected chi connectivity index (χ1v) is 9.29. The Morgan fingerprint density at radius 2 is 2.19 bits per heavy atom. The fourth-order valence-electron chi connectivity index (χ4n) is 3.02. The van der Waals surface area contributed by atoms with E-state index in [4.69, 9.17) is 9.15 Å². The van der Waals surface area contributed by atoms with E-state index < -0.39 is 5.91 Å². The quantitative estimate of drug-likeness (QED) is 0.484. The number of aryl methyl sites for hydroxylation is 1. The Balaban J connectivity index is 1.84. The molecule has 2 aromatic carbocycles. The van der Waals surface area contributed by atoms with Gasteiger partial charge in [0.15, 0.2) is 21.9 Å². The maximum Gasteiger partial charge on any atom is 0.315 e. The van der Waals surface area contributed by atoms with Crippen molar-refractivity contribution in [3.05, 3.63) is 71.2 Å². The van der Waals surface area contributed by atoms with Crippen LogP contribution in [-0.4, -0.2) is 17.6 Å². The van der Waals surface area contributed by atoms with Crippen LogP contribution in [0.5, 0.6) is 5.75 Å². The topological polar surface area (TPSA) is 56.7 Å². The largest absolute Gasteiger partial charge is 0.493 e. The van der Waals surface area contributed by atoms with Gasteiger partial charge in [-0.25, -0.2) is 0 Å². The normalized spacial score (nSPS) is 12.0. The number of fused-ring (bicyclic) bond motifs is 2. The van der Waals surface area contributed by atoms with Crippen LogP contribution in [0, 0.1) is 6.92 Å². The highest BCUT2D eigenvalue weighted by Gasteiger charge is 2.15. The first kappa shape index (κ1) is 17.3. The molecule has 1 amide bonds. The van der Waals surface area contributed by atoms with Gasteiger partial charge in [-0.1, -0.05) is 35.6 Å². The molecule has 0 fully saturated rings. The van der Waals surface area contributed by atoms with Crippen molar-refractivity contribution in [2.24, 2.45) is 4.99 Å². The second kappa shape index (κ2) is 6.89. The van der Waals surface area contributed by atoms with Gasteiger partial charge in [0, 0.05) is 11.9 Å². The summed E-state index contributed by atoms with van der Waals surface area (Å²) in [5.41, 5.74) is 2.74. The summed E-state index contributed by atoms with van der Waals surface area (Å²) >= 11 is 1.48. The Morgan fingerprint density at radius 1 is 1.33 bits per heavy atom. The van der Waals surface area contributed by atoms with Crippen LogP contribution in [-0.2, 0) is 6.54 Å². The van der Waals surface area contributed by atoms with E-state index in [1.165, 1.54) is 11.3 Å². The van der Waals surface area contributed by atoms with Crippen LogP contribution in [0.3, 0.4) is 0 Å². The Bertz CT molecular complexity index is 1240. The summed E-state index contributed by atoms with van der Waals surface area (Å²) in [6.45, 7) is 6.43. The van der Waals surface area contributed by atoms with Crippen LogP contribution in [0.1, 0.15) is 16.1 Å². The molecule has 27 heavy (non-hydrogen) atoms. The number of benzene rings is 2. The average Bonchev–Trinajstić information content (AvgIpc) is 3.23. The fourth-order valence-corrected chi connectivity index (χ4v) is 4.15. The minimum atomic E-state index is -0.422. The van der Waals surface area contributed by atoms with Crippen LogP contribution in [0.15, 0.2) is 64.5 Å². The van der Waals surface area contributed by atoms with Crippen molar-refractivity contribution in [1.29, 1.82) is 0 Å². The highest BCUT2D eigenvalue weighted by atomic mass is 32.1. The van der Waals surface area contributed by atoms with E-state index in [1.807, 2.05) is 35.8 Å². The van der Waals surface area contributed by atoms with Crippen LogP contribution in [0.4, 0.5) is 0 Å². The zero-order valence-corrected chi connectivity index (χ0v) is 15.9. The molecule has 0 unspecified atom stereocenters. The number of hydrogen-bond acceptors (Lipinski definition) is 4. The number of carbonyl (C=O) groups is 1. The van der Waals surface area contributed by atoms with Gasteiger partial charge in [-0.15, -0.1) is 6.58 Å². The molecule has 4 rings (SSSR count). The molecule has 0 bridgehead atoms. The number of furan rings is 1. The zero-order chi connectivity index (χ0) is 19.0. The summed E-state index contributed by atoms with van der Waals surface area (Å²) in [5, 5.41) is 0.804. The molecular weight excluding hydrogens is 360 g/mol. The number of thiazole rings is 1. The monoisotopic (exact) mass is 378 g/mol. The molecule has 6 heteroatoms. The van der Waals surface area contributed by atoms with E-state index in [-0.39, 0.29) is 5.76 Å². The lowest BCUT2D eigenvalue weighted by Crippen LogP contribution is -2.16. The van der Waals surface area contributed by atoms with Gasteiger partial charge >= 0.3 is 5.91 Å². The van der Waals surface area contributed by atoms with Crippen LogP contribution in [0.2, 0.25) is 0 Å². The van der Waals surface area contributed by atoms with Gasteiger partial charge in [0.05, 0.1) is 17.3 Å². The molecule has 0 aliphatic heterocycles. The number of carbonyl (C=O) groups excluding carboxylic acids is 1. The van der Waals surface area contributed by atoms with E-state index in [0.29, 0.717) is 22.7 Å². The van der Waals surface area contributed by atoms with Crippen molar-refractivity contribution in [3.63, 3.8) is 0 Å². The molecular formula is C21H18N2O3S. The molecule has 136 valence electrons. The standard InChI is InChI=1S/C21H18N2O3S/c1-4-10-23-15-9-8-13(2)11-18(15)27-21(23)22-20(24)17-12-14-6-5-7-16(25-3)19(14)26-17/h4-9,11-12H,1,10H2,2-3H3. The summed E-state index contributed by atoms with van der Waals surface area (Å²) in [4.78, 5) is 17.7. The molecule has 0 atom stereocenters. The third-order valence-corrected chi connectivity index (χ3v) is 5.33. The molecule has 4 aromatic rings. The number of nitrogens with zero attached hydrogens (tertiary/aromatic N) is 2. The Labute approximate surface area is 159 Å². The SMILES string of the molecule is C=CCn1c(=NC(=O)c2cc3cccc(OC)c3o2)sc2cc(C)ccc21. The average molecular weight is 378 g/mol. The molecule has 0 aliphatic rings. The first-order chi connectivity index (χ1) is 13.1. The zero-order valence-electron chi connectivity index (χ0n) is 15.1. The number of ether oxygens (including phenoxy) is 1. The van der Waals surface area contributed by atoms with Gasteiger partial charge in [-0.3, -0.25) is 4.79 Å². The van der Waals surface area contributed by atoms with Crippen molar-refractivity contribution in [2.45, 2.75) is 13.5 Å². The lowest BCUT2D eigenvalue weighted by atomic mass is 10.2. The van der Waals surface area contributed by atoms with Gasteiger partial charge in [-0.05, 0) is 36.8 Å². The summed E-state index contributed by atoms with van der Waals surface area (Å²) in [7, 11) is 1.57. The molecule has 2 aromatic heterocycles. The van der Waals surface area contributed by atoms with Gasteiger partial charge < -0.3 is 13.7 Å². The molecule has 0 spiro atoms. The van der Waals surface area contributed by atoms with Crippen LogP contribution in [0.25, 0.3) is 21.2 Å². The molecule has 0 N–H and O–H groups in total. The van der Waals surface area contributed by atoms with Crippen LogP contribution < -0.4 is 9.54 Å². The first-order valence-electron chi connectivity index (χ1n) is 8.47. The Hall–Kier alpha value is -3.12. The number of amides is 1. The summed E-state index contributed by atoms with van der Waals surface area (Å²) in [6.07, 6.45) is 1.79. The van der Waals surface area contributed by atoms with Gasteiger partial charge in [0.25, 0.3) is 0 Å². The predicted octanol–water partition coefficient (Wildman–Crippen LogP) is 4.69. The second-order valence-corrected chi connectivity index (χ2v) is 7.17. The van der Waals surface area contributed by atoms with Crippen molar-refractivity contribution in [3.8, 4) is 5.75 Å². The lowest BCUT2D eigenvalue weighted by Gasteiger charge is -2.00. The van der Waals surface area contributed by atoms with Crippen molar-refractivity contribution < 1.29 is 13.9 Å². The van der Waals surface area contributed by atoms with E-state index in [2.05, 4.69) is 17.6 Å². The number of hydrogen-bond donors (Lipinski definition) is 0. The molecule has 5 nitrogen and oxygen atoms in total. The van der Waals surface area contributed by atoms with E-state index >= 15 is 0 Å². The second-order valence-electron chi connectivity index (χ2n) is 6.16. The minimum Gasteiger partial charge on any atom is -0.493 e. The van der Waals surface area contributed by atoms with Gasteiger partial charge in [0.2, 0.25) is 0 Å². The smallest absolute Gasteiger partial charge is 0.315 e. The number of allylic oxidation sites excluding steroid dienone is 1. The maximum absolute atomic E-state index is 12.7. The molecule has 0 saturated carbocycles. The number of para-hydroxylation sites is 1. The fraction of sp³-hybridized carbons (Fsp3) is 0.143. The minimum absolute atomic E-state index is 0.188. The van der Waals surface area contributed by atoms with Crippen molar-refractivity contribution >= 4 is 38.4 Å². The van der Waals surface area contributed by atoms with Crippen molar-refractivity contribution in [2.75, 3.05) is 7.11 Å². The third kappa shape index (κ3) is 3.08. The van der Waals surface area contributed by atoms with E-state index in [9.17, 15) is 4.79 Å². The van der Waals surface area contributed by atoms with Gasteiger partial charge in [-0.2, -0.15) is 4.99 Å². The maximum atomic E-state index is 12.7. The van der Waals surface area contributed by atoms with Crippen LogP contribution >= 0.6 is 11.3 Å². The highest BCUT2D eigenvalue weighted by Crippen LogP contribution is 2.28. The third-order valence-electron chi connectivity index (χ3n) is 4.29. The molecule has 0 saturated heterocycles. The summed E-state index contributed by atoms with van der Waals surface area (Å²) < 4.78 is 14.1. The molecule has 0 radical (unpaired) electrons. The summed E-state index contributed by atoms with van der Waals surface area (Å²) in [5.74, 6) is 0.355. The van der Waals surface area contributed by atoms with E-state index in [0.717, 1.165) is 21.2 Å². The highest BCUT2D eigenvalue weighted by molar-refractivity contribution is 7.16. The number of aromatic nitrogens is 1. The molecule has 0 aliphatic carbocycles. The molecule has 2 heterocycles. The summed E-state index contributed by atoms with van der Waals surface area (Å²) in [6, 6.07) is 13.4. The Kier molecular flexibility index (Phi) is 4.41. The van der Waals surface area contributed by atoms with E-state index in [1.54, 1.807) is 25.3 Å².